The number of nitro benzene ring substituents is 1. The first-order chi connectivity index (χ1) is 16.4. The van der Waals surface area contributed by atoms with E-state index in [1.165, 1.54) is 29.1 Å². The third kappa shape index (κ3) is 5.73. The molecule has 0 saturated carbocycles. The number of amides is 1. The van der Waals surface area contributed by atoms with Gasteiger partial charge >= 0.3 is 0 Å². The fraction of sp³-hybridized carbons (Fsp3) is 0.130. The summed E-state index contributed by atoms with van der Waals surface area (Å²) in [6.45, 7) is 1.83. The maximum atomic E-state index is 12.5. The standard InChI is InChI=1S/C23H19ClN4O6/c1-15-9-19(5-7-21(15)28(30)31)32-13-20-6-8-22(34-20)23(29)26-17-11-25-27(12-17)14-33-18-4-2-3-16(24)10-18/h2-12H,13-14H2,1H3,(H,26,29). The van der Waals surface area contributed by atoms with E-state index in [4.69, 9.17) is 25.5 Å². The van der Waals surface area contributed by atoms with Crippen molar-refractivity contribution in [3.63, 3.8) is 0 Å². The van der Waals surface area contributed by atoms with E-state index in [2.05, 4.69) is 10.4 Å². The third-order valence-corrected chi connectivity index (χ3v) is 4.92. The molecule has 0 radical (unpaired) electrons. The van der Waals surface area contributed by atoms with E-state index >= 15 is 0 Å². The third-order valence-electron chi connectivity index (χ3n) is 4.68. The normalized spacial score (nSPS) is 10.6. The number of nitrogens with zero attached hydrogens (tertiary/aromatic N) is 3. The Morgan fingerprint density at radius 1 is 1.18 bits per heavy atom. The van der Waals surface area contributed by atoms with Crippen LogP contribution in [-0.2, 0) is 13.3 Å². The number of ether oxygens (including phenoxy) is 2. The van der Waals surface area contributed by atoms with E-state index in [-0.39, 0.29) is 24.8 Å². The summed E-state index contributed by atoms with van der Waals surface area (Å²) in [5.41, 5.74) is 0.972. The van der Waals surface area contributed by atoms with E-state index in [0.29, 0.717) is 33.5 Å². The summed E-state index contributed by atoms with van der Waals surface area (Å²) in [5.74, 6) is 1.13. The molecule has 0 aliphatic carbocycles. The van der Waals surface area contributed by atoms with Crippen LogP contribution in [0.3, 0.4) is 0 Å². The molecule has 0 unspecified atom stereocenters. The molecule has 4 aromatic rings. The van der Waals surface area contributed by atoms with Crippen molar-refractivity contribution in [3.05, 3.63) is 99.2 Å². The number of hydrogen-bond acceptors (Lipinski definition) is 7. The van der Waals surface area contributed by atoms with E-state index in [1.807, 2.05) is 0 Å². The molecule has 0 fully saturated rings. The van der Waals surface area contributed by atoms with Crippen LogP contribution in [0.5, 0.6) is 11.5 Å². The zero-order chi connectivity index (χ0) is 24.1. The Morgan fingerprint density at radius 3 is 2.76 bits per heavy atom. The maximum absolute atomic E-state index is 12.5. The smallest absolute Gasteiger partial charge is 0.291 e. The SMILES string of the molecule is Cc1cc(OCc2ccc(C(=O)Nc3cnn(COc4cccc(Cl)c4)c3)o2)ccc1[N+](=O)[O-]. The van der Waals surface area contributed by atoms with Crippen LogP contribution in [0.15, 0.2) is 71.4 Å². The van der Waals surface area contributed by atoms with Gasteiger partial charge in [0.25, 0.3) is 11.6 Å². The van der Waals surface area contributed by atoms with Crippen molar-refractivity contribution in [2.45, 2.75) is 20.3 Å². The molecule has 0 spiro atoms. The lowest BCUT2D eigenvalue weighted by molar-refractivity contribution is -0.385. The van der Waals surface area contributed by atoms with Crippen LogP contribution in [0, 0.1) is 17.0 Å². The Morgan fingerprint density at radius 2 is 2.00 bits per heavy atom. The van der Waals surface area contributed by atoms with E-state index < -0.39 is 10.8 Å². The lowest BCUT2D eigenvalue weighted by Crippen LogP contribution is -2.10. The number of rotatable bonds is 9. The predicted octanol–water partition coefficient (Wildman–Crippen LogP) is 5.21. The molecule has 1 amide bonds. The van der Waals surface area contributed by atoms with Gasteiger partial charge in [-0.25, -0.2) is 4.68 Å². The van der Waals surface area contributed by atoms with Crippen LogP contribution in [0.25, 0.3) is 0 Å². The highest BCUT2D eigenvalue weighted by molar-refractivity contribution is 6.30. The van der Waals surface area contributed by atoms with Gasteiger partial charge in [-0.05, 0) is 49.4 Å². The van der Waals surface area contributed by atoms with Gasteiger partial charge in [0, 0.05) is 16.7 Å². The number of aryl methyl sites for hydroxylation is 1. The van der Waals surface area contributed by atoms with Crippen LogP contribution in [0.1, 0.15) is 21.9 Å². The van der Waals surface area contributed by atoms with Crippen LogP contribution in [-0.4, -0.2) is 20.6 Å². The van der Waals surface area contributed by atoms with Gasteiger partial charge in [0.1, 0.15) is 23.9 Å². The molecule has 4 rings (SSSR count). The molecule has 0 atom stereocenters. The molecule has 0 aliphatic heterocycles. The molecular weight excluding hydrogens is 464 g/mol. The molecule has 0 saturated heterocycles. The molecule has 0 aliphatic rings. The summed E-state index contributed by atoms with van der Waals surface area (Å²) in [6, 6.07) is 14.6. The van der Waals surface area contributed by atoms with E-state index in [0.717, 1.165) is 0 Å². The van der Waals surface area contributed by atoms with Gasteiger partial charge in [-0.15, -0.1) is 0 Å². The monoisotopic (exact) mass is 482 g/mol. The summed E-state index contributed by atoms with van der Waals surface area (Å²) >= 11 is 5.93. The van der Waals surface area contributed by atoms with E-state index in [9.17, 15) is 14.9 Å². The summed E-state index contributed by atoms with van der Waals surface area (Å²) in [7, 11) is 0. The first-order valence-corrected chi connectivity index (χ1v) is 10.4. The second kappa shape index (κ2) is 10.1. The number of nitrogens with one attached hydrogen (secondary N) is 1. The average Bonchev–Trinajstić information content (AvgIpc) is 3.46. The van der Waals surface area contributed by atoms with E-state index in [1.54, 1.807) is 49.5 Å². The number of aromatic nitrogens is 2. The van der Waals surface area contributed by atoms with Crippen molar-refractivity contribution in [1.82, 2.24) is 9.78 Å². The van der Waals surface area contributed by atoms with Gasteiger partial charge in [0.2, 0.25) is 0 Å². The second-order valence-corrected chi connectivity index (χ2v) is 7.65. The first-order valence-electron chi connectivity index (χ1n) is 10.1. The van der Waals surface area contributed by atoms with Gasteiger partial charge < -0.3 is 19.2 Å². The summed E-state index contributed by atoms with van der Waals surface area (Å²) in [4.78, 5) is 22.9. The molecular formula is C23H19ClN4O6. The number of anilines is 1. The van der Waals surface area contributed by atoms with Crippen LogP contribution < -0.4 is 14.8 Å². The Balaban J connectivity index is 1.29. The number of benzene rings is 2. The fourth-order valence-corrected chi connectivity index (χ4v) is 3.22. The number of furan rings is 1. The summed E-state index contributed by atoms with van der Waals surface area (Å²) < 4.78 is 18.3. The molecule has 11 heteroatoms. The number of carbonyl (C=O) groups excluding carboxylic acids is 1. The quantitative estimate of drug-likeness (QED) is 0.256. The average molecular weight is 483 g/mol. The zero-order valence-electron chi connectivity index (χ0n) is 17.9. The minimum Gasteiger partial charge on any atom is -0.486 e. The van der Waals surface area contributed by atoms with Gasteiger partial charge in [-0.1, -0.05) is 17.7 Å². The second-order valence-electron chi connectivity index (χ2n) is 7.21. The minimum absolute atomic E-state index is 0.0173. The molecule has 2 aromatic carbocycles. The van der Waals surface area contributed by atoms with Crippen molar-refractivity contribution in [3.8, 4) is 11.5 Å². The highest BCUT2D eigenvalue weighted by Crippen LogP contribution is 2.24. The number of hydrogen-bond donors (Lipinski definition) is 1. The van der Waals surface area contributed by atoms with Crippen molar-refractivity contribution >= 4 is 28.9 Å². The van der Waals surface area contributed by atoms with Crippen molar-refractivity contribution < 1.29 is 23.6 Å². The van der Waals surface area contributed by atoms with Gasteiger partial charge in [0.15, 0.2) is 12.5 Å². The minimum atomic E-state index is -0.452. The number of halogens is 1. The zero-order valence-corrected chi connectivity index (χ0v) is 18.7. The Labute approximate surface area is 198 Å². The largest absolute Gasteiger partial charge is 0.486 e. The highest BCUT2D eigenvalue weighted by Gasteiger charge is 2.14. The Kier molecular flexibility index (Phi) is 6.79. The molecule has 34 heavy (non-hydrogen) atoms. The lowest BCUT2D eigenvalue weighted by Gasteiger charge is -2.06. The van der Waals surface area contributed by atoms with Crippen molar-refractivity contribution in [2.24, 2.45) is 0 Å². The summed E-state index contributed by atoms with van der Waals surface area (Å²) in [5, 5.41) is 18.3. The highest BCUT2D eigenvalue weighted by atomic mass is 35.5. The van der Waals surface area contributed by atoms with Gasteiger partial charge in [-0.2, -0.15) is 5.10 Å². The van der Waals surface area contributed by atoms with Gasteiger partial charge in [-0.3, -0.25) is 14.9 Å². The van der Waals surface area contributed by atoms with Crippen molar-refractivity contribution in [1.29, 1.82) is 0 Å². The summed E-state index contributed by atoms with van der Waals surface area (Å²) in [6.07, 6.45) is 3.11. The van der Waals surface area contributed by atoms with Crippen LogP contribution in [0.2, 0.25) is 5.02 Å². The van der Waals surface area contributed by atoms with Gasteiger partial charge in [0.05, 0.1) is 23.0 Å². The molecule has 0 bridgehead atoms. The van der Waals surface area contributed by atoms with Crippen LogP contribution in [0.4, 0.5) is 11.4 Å². The Hall–Kier alpha value is -4.31. The molecule has 2 heterocycles. The number of carbonyl (C=O) groups is 1. The fourth-order valence-electron chi connectivity index (χ4n) is 3.04. The molecule has 10 nitrogen and oxygen atoms in total. The maximum Gasteiger partial charge on any atom is 0.291 e. The topological polar surface area (TPSA) is 122 Å². The Bertz CT molecular complexity index is 1330. The van der Waals surface area contributed by atoms with Crippen LogP contribution >= 0.6 is 11.6 Å². The molecule has 174 valence electrons. The first kappa shape index (κ1) is 22.9. The molecule has 2 aromatic heterocycles. The number of nitro groups is 1. The lowest BCUT2D eigenvalue weighted by atomic mass is 10.2. The molecule has 1 N–H and O–H groups in total. The van der Waals surface area contributed by atoms with Crippen molar-refractivity contribution in [2.75, 3.05) is 5.32 Å². The predicted molar refractivity (Wildman–Crippen MR) is 123 cm³/mol.